The topological polar surface area (TPSA) is 12.0 Å². The third-order valence-electron chi connectivity index (χ3n) is 2.63. The lowest BCUT2D eigenvalue weighted by molar-refractivity contribution is 0.494. The second-order valence-corrected chi connectivity index (χ2v) is 3.11. The highest BCUT2D eigenvalue weighted by molar-refractivity contribution is 4.85. The van der Waals surface area contributed by atoms with Crippen molar-refractivity contribution in [3.05, 3.63) is 0 Å². The summed E-state index contributed by atoms with van der Waals surface area (Å²) < 4.78 is 0. The van der Waals surface area contributed by atoms with Crippen LogP contribution in [0.1, 0.15) is 19.3 Å². The van der Waals surface area contributed by atoms with Gasteiger partial charge in [-0.25, -0.2) is 0 Å². The molecule has 0 bridgehead atoms. The lowest BCUT2D eigenvalue weighted by atomic mass is 10.0. The fourth-order valence-electron chi connectivity index (χ4n) is 2.11. The second-order valence-electron chi connectivity index (χ2n) is 3.11. The molecule has 0 spiro atoms. The lowest BCUT2D eigenvalue weighted by Crippen LogP contribution is -2.08. The molecular formula is C7H13N. The Morgan fingerprint density at radius 2 is 1.62 bits per heavy atom. The highest BCUT2D eigenvalue weighted by Crippen LogP contribution is 2.33. The van der Waals surface area contributed by atoms with Crippen LogP contribution in [-0.2, 0) is 0 Å². The molecule has 8 heavy (non-hydrogen) atoms. The SMILES string of the molecule is C1CC2CNC[C@H]2C1. The van der Waals surface area contributed by atoms with E-state index in [2.05, 4.69) is 5.32 Å². The molecule has 1 N–H and O–H groups in total. The zero-order valence-electron chi connectivity index (χ0n) is 5.19. The van der Waals surface area contributed by atoms with Crippen molar-refractivity contribution < 1.29 is 0 Å². The van der Waals surface area contributed by atoms with Crippen molar-refractivity contribution in [1.82, 2.24) is 5.32 Å². The largest absolute Gasteiger partial charge is 0.316 e. The maximum absolute atomic E-state index is 3.42. The van der Waals surface area contributed by atoms with Gasteiger partial charge in [0.1, 0.15) is 0 Å². The van der Waals surface area contributed by atoms with Crippen LogP contribution in [0.4, 0.5) is 0 Å². The van der Waals surface area contributed by atoms with Crippen molar-refractivity contribution in [3.63, 3.8) is 0 Å². The minimum atomic E-state index is 1.06. The predicted molar refractivity (Wildman–Crippen MR) is 33.7 cm³/mol. The Kier molecular flexibility index (Phi) is 1.04. The first kappa shape index (κ1) is 4.80. The standard InChI is InChI=1S/C7H13N/c1-2-6-4-8-5-7(6)3-1/h6-8H,1-5H2/t6-,7?/m1/s1. The Labute approximate surface area is 50.5 Å². The lowest BCUT2D eigenvalue weighted by Gasteiger charge is -2.02. The Bertz CT molecular complexity index is 70.4. The van der Waals surface area contributed by atoms with E-state index in [0.717, 1.165) is 11.8 Å². The molecule has 0 aromatic heterocycles. The van der Waals surface area contributed by atoms with Crippen LogP contribution in [0.5, 0.6) is 0 Å². The maximum Gasteiger partial charge on any atom is -0.00173 e. The molecule has 1 aliphatic heterocycles. The summed E-state index contributed by atoms with van der Waals surface area (Å²) >= 11 is 0. The second kappa shape index (κ2) is 1.73. The molecule has 1 unspecified atom stereocenters. The molecule has 1 heteroatoms. The summed E-state index contributed by atoms with van der Waals surface area (Å²) in [5, 5.41) is 3.42. The average Bonchev–Trinajstić information content (AvgIpc) is 2.15. The van der Waals surface area contributed by atoms with E-state index in [1.54, 1.807) is 0 Å². The van der Waals surface area contributed by atoms with Gasteiger partial charge >= 0.3 is 0 Å². The van der Waals surface area contributed by atoms with Gasteiger partial charge in [-0.2, -0.15) is 0 Å². The average molecular weight is 111 g/mol. The first-order chi connectivity index (χ1) is 3.97. The van der Waals surface area contributed by atoms with E-state index in [1.807, 2.05) is 0 Å². The number of nitrogens with one attached hydrogen (secondary N) is 1. The van der Waals surface area contributed by atoms with Crippen LogP contribution in [0.25, 0.3) is 0 Å². The zero-order valence-corrected chi connectivity index (χ0v) is 5.19. The minimum absolute atomic E-state index is 1.06. The number of rotatable bonds is 0. The Hall–Kier alpha value is -0.0400. The third-order valence-corrected chi connectivity index (χ3v) is 2.63. The van der Waals surface area contributed by atoms with Crippen molar-refractivity contribution in [2.75, 3.05) is 13.1 Å². The molecule has 1 saturated heterocycles. The van der Waals surface area contributed by atoms with Crippen molar-refractivity contribution >= 4 is 0 Å². The third kappa shape index (κ3) is 0.576. The van der Waals surface area contributed by atoms with Gasteiger partial charge in [0.15, 0.2) is 0 Å². The summed E-state index contributed by atoms with van der Waals surface area (Å²) in [6.07, 6.45) is 4.49. The Balaban J connectivity index is 2.04. The normalized spacial score (nSPS) is 45.0. The molecule has 2 fully saturated rings. The smallest absolute Gasteiger partial charge is 0.00173 e. The van der Waals surface area contributed by atoms with Crippen LogP contribution >= 0.6 is 0 Å². The van der Waals surface area contributed by atoms with Gasteiger partial charge in [0.05, 0.1) is 0 Å². The summed E-state index contributed by atoms with van der Waals surface area (Å²) in [4.78, 5) is 0. The minimum Gasteiger partial charge on any atom is -0.316 e. The van der Waals surface area contributed by atoms with Gasteiger partial charge in [-0.05, 0) is 37.8 Å². The van der Waals surface area contributed by atoms with Crippen molar-refractivity contribution in [2.45, 2.75) is 19.3 Å². The van der Waals surface area contributed by atoms with Crippen LogP contribution < -0.4 is 5.32 Å². The fraction of sp³-hybridized carbons (Fsp3) is 1.00. The van der Waals surface area contributed by atoms with Gasteiger partial charge in [0.25, 0.3) is 0 Å². The van der Waals surface area contributed by atoms with Crippen LogP contribution in [0, 0.1) is 11.8 Å². The van der Waals surface area contributed by atoms with Gasteiger partial charge < -0.3 is 5.32 Å². The summed E-state index contributed by atoms with van der Waals surface area (Å²) in [7, 11) is 0. The molecule has 0 radical (unpaired) electrons. The van der Waals surface area contributed by atoms with Crippen LogP contribution in [0.2, 0.25) is 0 Å². The summed E-state index contributed by atoms with van der Waals surface area (Å²) in [5.74, 6) is 2.13. The molecule has 1 saturated carbocycles. The first-order valence-corrected chi connectivity index (χ1v) is 3.67. The van der Waals surface area contributed by atoms with Crippen LogP contribution in [0.15, 0.2) is 0 Å². The number of fused-ring (bicyclic) bond motifs is 1. The molecule has 2 aliphatic rings. The fourth-order valence-corrected chi connectivity index (χ4v) is 2.11. The van der Waals surface area contributed by atoms with Crippen LogP contribution in [-0.4, -0.2) is 13.1 Å². The molecule has 0 amide bonds. The quantitative estimate of drug-likeness (QED) is 0.492. The Morgan fingerprint density at radius 3 is 2.25 bits per heavy atom. The van der Waals surface area contributed by atoms with Crippen molar-refractivity contribution in [1.29, 1.82) is 0 Å². The molecule has 0 aromatic carbocycles. The monoisotopic (exact) mass is 111 g/mol. The van der Waals surface area contributed by atoms with E-state index in [-0.39, 0.29) is 0 Å². The molecule has 2 atom stereocenters. The maximum atomic E-state index is 3.42. The summed E-state index contributed by atoms with van der Waals surface area (Å²) in [5.41, 5.74) is 0. The van der Waals surface area contributed by atoms with Crippen molar-refractivity contribution in [3.8, 4) is 0 Å². The highest BCUT2D eigenvalue weighted by atomic mass is 14.9. The van der Waals surface area contributed by atoms with Gasteiger partial charge in [0, 0.05) is 0 Å². The van der Waals surface area contributed by atoms with E-state index in [0.29, 0.717) is 0 Å². The summed E-state index contributed by atoms with van der Waals surface area (Å²) in [6, 6.07) is 0. The van der Waals surface area contributed by atoms with Crippen LogP contribution in [0.3, 0.4) is 0 Å². The molecule has 0 aromatic rings. The van der Waals surface area contributed by atoms with Crippen molar-refractivity contribution in [2.24, 2.45) is 11.8 Å². The summed E-state index contributed by atoms with van der Waals surface area (Å²) in [6.45, 7) is 2.62. The molecule has 2 rings (SSSR count). The predicted octanol–water partition coefficient (Wildman–Crippen LogP) is 1.01. The number of hydrogen-bond acceptors (Lipinski definition) is 1. The molecule has 1 nitrogen and oxygen atoms in total. The van der Waals surface area contributed by atoms with Gasteiger partial charge in [-0.1, -0.05) is 6.42 Å². The molecule has 1 heterocycles. The molecule has 1 aliphatic carbocycles. The van der Waals surface area contributed by atoms with E-state index >= 15 is 0 Å². The van der Waals surface area contributed by atoms with E-state index < -0.39 is 0 Å². The van der Waals surface area contributed by atoms with E-state index in [4.69, 9.17) is 0 Å². The van der Waals surface area contributed by atoms with Gasteiger partial charge in [-0.3, -0.25) is 0 Å². The Morgan fingerprint density at radius 1 is 1.00 bits per heavy atom. The van der Waals surface area contributed by atoms with E-state index in [9.17, 15) is 0 Å². The zero-order chi connectivity index (χ0) is 5.40. The number of hydrogen-bond donors (Lipinski definition) is 1. The first-order valence-electron chi connectivity index (χ1n) is 3.67. The molecule has 46 valence electrons. The molecular weight excluding hydrogens is 98.1 g/mol. The van der Waals surface area contributed by atoms with Gasteiger partial charge in [-0.15, -0.1) is 0 Å². The highest BCUT2D eigenvalue weighted by Gasteiger charge is 2.30. The van der Waals surface area contributed by atoms with E-state index in [1.165, 1.54) is 32.4 Å². The van der Waals surface area contributed by atoms with Gasteiger partial charge in [0.2, 0.25) is 0 Å².